The van der Waals surface area contributed by atoms with E-state index in [2.05, 4.69) is 10.3 Å². The van der Waals surface area contributed by atoms with Crippen LogP contribution >= 0.6 is 22.9 Å². The van der Waals surface area contributed by atoms with Gasteiger partial charge in [0.05, 0.1) is 16.8 Å². The minimum atomic E-state index is -0.227. The van der Waals surface area contributed by atoms with E-state index in [0.717, 1.165) is 26.5 Å². The first-order valence-electron chi connectivity index (χ1n) is 7.19. The molecule has 6 heteroatoms. The third kappa shape index (κ3) is 3.63. The maximum atomic E-state index is 11.4. The summed E-state index contributed by atoms with van der Waals surface area (Å²) in [6.45, 7) is 2.60. The van der Waals surface area contributed by atoms with Gasteiger partial charge in [0.1, 0.15) is 16.6 Å². The summed E-state index contributed by atoms with van der Waals surface area (Å²) in [6, 6.07) is 13.5. The first-order chi connectivity index (χ1) is 11.2. The van der Waals surface area contributed by atoms with Crippen LogP contribution in [0.25, 0.3) is 20.8 Å². The molecule has 0 saturated heterocycles. The van der Waals surface area contributed by atoms with Gasteiger partial charge >= 0.3 is 0 Å². The fourth-order valence-corrected chi connectivity index (χ4v) is 3.27. The molecule has 3 aromatic rings. The number of carbonyl (C=O) groups excluding carboxylic acids is 1. The predicted molar refractivity (Wildman–Crippen MR) is 95.6 cm³/mol. The molecule has 0 spiro atoms. The molecule has 0 aliphatic carbocycles. The molecule has 0 unspecified atom stereocenters. The van der Waals surface area contributed by atoms with Gasteiger partial charge in [-0.1, -0.05) is 12.1 Å². The lowest BCUT2D eigenvalue weighted by atomic mass is 10.2. The Bertz CT molecular complexity index is 847. The summed E-state index contributed by atoms with van der Waals surface area (Å²) in [5.74, 6) is 0.554. The van der Waals surface area contributed by atoms with Gasteiger partial charge in [-0.05, 0) is 37.3 Å². The summed E-state index contributed by atoms with van der Waals surface area (Å²) in [7, 11) is 0. The van der Waals surface area contributed by atoms with E-state index in [-0.39, 0.29) is 11.8 Å². The Morgan fingerprint density at radius 1 is 1.30 bits per heavy atom. The molecule has 1 aromatic heterocycles. The minimum Gasteiger partial charge on any atom is -0.494 e. The number of amides is 1. The van der Waals surface area contributed by atoms with E-state index in [1.165, 1.54) is 0 Å². The van der Waals surface area contributed by atoms with Crippen molar-refractivity contribution in [1.82, 2.24) is 4.98 Å². The summed E-state index contributed by atoms with van der Waals surface area (Å²) in [5.41, 5.74) is 2.60. The molecule has 118 valence electrons. The number of aromatic nitrogens is 1. The van der Waals surface area contributed by atoms with Crippen LogP contribution in [0.1, 0.15) is 6.92 Å². The van der Waals surface area contributed by atoms with Gasteiger partial charge in [-0.15, -0.1) is 22.9 Å². The van der Waals surface area contributed by atoms with Crippen molar-refractivity contribution in [2.24, 2.45) is 0 Å². The van der Waals surface area contributed by atoms with Crippen molar-refractivity contribution in [3.05, 3.63) is 42.5 Å². The molecule has 1 amide bonds. The molecular formula is C17H15ClN2O2S. The second-order valence-corrected chi connectivity index (χ2v) is 6.14. The number of alkyl halides is 1. The number of benzene rings is 2. The summed E-state index contributed by atoms with van der Waals surface area (Å²) >= 11 is 7.11. The zero-order valence-electron chi connectivity index (χ0n) is 12.5. The van der Waals surface area contributed by atoms with Gasteiger partial charge in [0, 0.05) is 11.3 Å². The summed E-state index contributed by atoms with van der Waals surface area (Å²) in [4.78, 5) is 16.0. The van der Waals surface area contributed by atoms with Crippen LogP contribution in [-0.4, -0.2) is 23.4 Å². The number of carbonyl (C=O) groups is 1. The Labute approximate surface area is 143 Å². The zero-order valence-corrected chi connectivity index (χ0v) is 14.1. The lowest BCUT2D eigenvalue weighted by molar-refractivity contribution is -0.113. The standard InChI is InChI=1S/C17H15ClN2O2S/c1-2-22-13-6-7-14-15(9-13)23-17(20-14)11-4-3-5-12(8-11)19-16(21)10-18/h3-9H,2,10H2,1H3,(H,19,21). The molecule has 0 radical (unpaired) electrons. The van der Waals surface area contributed by atoms with Crippen LogP contribution in [0.4, 0.5) is 5.69 Å². The number of hydrogen-bond donors (Lipinski definition) is 1. The molecule has 0 fully saturated rings. The van der Waals surface area contributed by atoms with E-state index < -0.39 is 0 Å². The molecule has 1 N–H and O–H groups in total. The maximum absolute atomic E-state index is 11.4. The van der Waals surface area contributed by atoms with Crippen LogP contribution < -0.4 is 10.1 Å². The molecular weight excluding hydrogens is 332 g/mol. The van der Waals surface area contributed by atoms with Crippen molar-refractivity contribution >= 4 is 44.7 Å². The molecule has 2 aromatic carbocycles. The second kappa shape index (κ2) is 6.98. The van der Waals surface area contributed by atoms with Crippen LogP contribution in [-0.2, 0) is 4.79 Å². The van der Waals surface area contributed by atoms with E-state index in [4.69, 9.17) is 16.3 Å². The number of anilines is 1. The Balaban J connectivity index is 1.93. The molecule has 0 atom stereocenters. The molecule has 3 rings (SSSR count). The van der Waals surface area contributed by atoms with Crippen molar-refractivity contribution in [2.75, 3.05) is 17.8 Å². The Kier molecular flexibility index (Phi) is 4.79. The molecule has 0 aliphatic heterocycles. The highest BCUT2D eigenvalue weighted by atomic mass is 35.5. The molecule has 23 heavy (non-hydrogen) atoms. The molecule has 0 bridgehead atoms. The normalized spacial score (nSPS) is 10.7. The summed E-state index contributed by atoms with van der Waals surface area (Å²) in [5, 5.41) is 3.65. The first-order valence-corrected chi connectivity index (χ1v) is 8.54. The van der Waals surface area contributed by atoms with Crippen molar-refractivity contribution < 1.29 is 9.53 Å². The van der Waals surface area contributed by atoms with E-state index >= 15 is 0 Å². The Morgan fingerprint density at radius 3 is 2.96 bits per heavy atom. The second-order valence-electron chi connectivity index (χ2n) is 4.84. The third-order valence-electron chi connectivity index (χ3n) is 3.19. The van der Waals surface area contributed by atoms with Crippen LogP contribution in [0, 0.1) is 0 Å². The van der Waals surface area contributed by atoms with Crippen molar-refractivity contribution in [3.63, 3.8) is 0 Å². The number of hydrogen-bond acceptors (Lipinski definition) is 4. The van der Waals surface area contributed by atoms with Crippen LogP contribution in [0.15, 0.2) is 42.5 Å². The van der Waals surface area contributed by atoms with Gasteiger partial charge in [-0.2, -0.15) is 0 Å². The molecule has 1 heterocycles. The van der Waals surface area contributed by atoms with E-state index in [1.54, 1.807) is 11.3 Å². The number of halogens is 1. The van der Waals surface area contributed by atoms with Gasteiger partial charge in [0.2, 0.25) is 5.91 Å². The van der Waals surface area contributed by atoms with Gasteiger partial charge in [-0.3, -0.25) is 4.79 Å². The number of rotatable bonds is 5. The highest BCUT2D eigenvalue weighted by Crippen LogP contribution is 2.33. The first kappa shape index (κ1) is 15.8. The Hall–Kier alpha value is -2.11. The number of thiazole rings is 1. The van der Waals surface area contributed by atoms with Crippen LogP contribution in [0.3, 0.4) is 0 Å². The minimum absolute atomic E-state index is 0.0639. The number of nitrogens with zero attached hydrogens (tertiary/aromatic N) is 1. The fourth-order valence-electron chi connectivity index (χ4n) is 2.21. The zero-order chi connectivity index (χ0) is 16.2. The van der Waals surface area contributed by atoms with Crippen molar-refractivity contribution in [2.45, 2.75) is 6.92 Å². The van der Waals surface area contributed by atoms with Gasteiger partial charge in [0.15, 0.2) is 0 Å². The largest absolute Gasteiger partial charge is 0.494 e. The van der Waals surface area contributed by atoms with Gasteiger partial charge in [-0.25, -0.2) is 4.98 Å². The number of nitrogens with one attached hydrogen (secondary N) is 1. The lowest BCUT2D eigenvalue weighted by Gasteiger charge is -2.04. The molecule has 4 nitrogen and oxygen atoms in total. The smallest absolute Gasteiger partial charge is 0.239 e. The van der Waals surface area contributed by atoms with E-state index in [9.17, 15) is 4.79 Å². The number of fused-ring (bicyclic) bond motifs is 1. The fraction of sp³-hybridized carbons (Fsp3) is 0.176. The highest BCUT2D eigenvalue weighted by molar-refractivity contribution is 7.21. The third-order valence-corrected chi connectivity index (χ3v) is 4.50. The van der Waals surface area contributed by atoms with Crippen molar-refractivity contribution in [1.29, 1.82) is 0 Å². The quantitative estimate of drug-likeness (QED) is 0.690. The van der Waals surface area contributed by atoms with Crippen LogP contribution in [0.2, 0.25) is 0 Å². The highest BCUT2D eigenvalue weighted by Gasteiger charge is 2.09. The maximum Gasteiger partial charge on any atom is 0.239 e. The molecule has 0 saturated carbocycles. The lowest BCUT2D eigenvalue weighted by Crippen LogP contribution is -2.12. The summed E-state index contributed by atoms with van der Waals surface area (Å²) in [6.07, 6.45) is 0. The average Bonchev–Trinajstić information content (AvgIpc) is 2.98. The van der Waals surface area contributed by atoms with Crippen molar-refractivity contribution in [3.8, 4) is 16.3 Å². The van der Waals surface area contributed by atoms with Gasteiger partial charge < -0.3 is 10.1 Å². The Morgan fingerprint density at radius 2 is 2.17 bits per heavy atom. The predicted octanol–water partition coefficient (Wildman–Crippen LogP) is 4.54. The SMILES string of the molecule is CCOc1ccc2nc(-c3cccc(NC(=O)CCl)c3)sc2c1. The molecule has 0 aliphatic rings. The van der Waals surface area contributed by atoms with E-state index in [0.29, 0.717) is 12.3 Å². The average molecular weight is 347 g/mol. The number of ether oxygens (including phenoxy) is 1. The monoisotopic (exact) mass is 346 g/mol. The van der Waals surface area contributed by atoms with E-state index in [1.807, 2.05) is 49.4 Å². The van der Waals surface area contributed by atoms with Gasteiger partial charge in [0.25, 0.3) is 0 Å². The summed E-state index contributed by atoms with van der Waals surface area (Å²) < 4.78 is 6.59. The van der Waals surface area contributed by atoms with Crippen LogP contribution in [0.5, 0.6) is 5.75 Å². The topological polar surface area (TPSA) is 51.2 Å².